The lowest BCUT2D eigenvalue weighted by molar-refractivity contribution is -0.138. The molecule has 5 nitrogen and oxygen atoms in total. The third-order valence-corrected chi connectivity index (χ3v) is 4.09. The summed E-state index contributed by atoms with van der Waals surface area (Å²) in [7, 11) is 0. The number of carbonyl (C=O) groups excluding carboxylic acids is 1. The second-order valence-electron chi connectivity index (χ2n) is 5.78. The van der Waals surface area contributed by atoms with Gasteiger partial charge in [-0.25, -0.2) is 4.79 Å². The van der Waals surface area contributed by atoms with Gasteiger partial charge in [-0.15, -0.1) is 0 Å². The largest absolute Gasteiger partial charge is 0.480 e. The van der Waals surface area contributed by atoms with Crippen molar-refractivity contribution in [2.45, 2.75) is 57.4 Å². The van der Waals surface area contributed by atoms with E-state index in [-0.39, 0.29) is 18.6 Å². The van der Waals surface area contributed by atoms with Crippen LogP contribution < -0.4 is 5.32 Å². The van der Waals surface area contributed by atoms with Crippen LogP contribution in [-0.4, -0.2) is 41.1 Å². The molecule has 0 aliphatic heterocycles. The number of hydrogen-bond donors (Lipinski definition) is 2. The van der Waals surface area contributed by atoms with Crippen molar-refractivity contribution >= 4 is 12.0 Å². The van der Waals surface area contributed by atoms with E-state index in [1.165, 1.54) is 24.2 Å². The van der Waals surface area contributed by atoms with Crippen molar-refractivity contribution in [3.63, 3.8) is 0 Å². The van der Waals surface area contributed by atoms with Crippen LogP contribution in [0.3, 0.4) is 0 Å². The third kappa shape index (κ3) is 4.73. The van der Waals surface area contributed by atoms with E-state index in [2.05, 4.69) is 5.32 Å². The van der Waals surface area contributed by atoms with Gasteiger partial charge in [0.25, 0.3) is 0 Å². The zero-order valence-electron chi connectivity index (χ0n) is 11.4. The molecule has 2 N–H and O–H groups in total. The highest BCUT2D eigenvalue weighted by molar-refractivity contribution is 5.80. The fourth-order valence-corrected chi connectivity index (χ4v) is 2.82. The van der Waals surface area contributed by atoms with Crippen molar-refractivity contribution in [2.75, 3.05) is 13.1 Å². The second kappa shape index (κ2) is 6.78. The summed E-state index contributed by atoms with van der Waals surface area (Å²) in [6, 6.07) is -0.0929. The van der Waals surface area contributed by atoms with E-state index in [0.717, 1.165) is 38.0 Å². The van der Waals surface area contributed by atoms with E-state index >= 15 is 0 Å². The van der Waals surface area contributed by atoms with Crippen LogP contribution in [0.25, 0.3) is 0 Å². The van der Waals surface area contributed by atoms with Crippen molar-refractivity contribution < 1.29 is 14.7 Å². The fraction of sp³-hybridized carbons (Fsp3) is 0.857. The molecule has 0 saturated heterocycles. The van der Waals surface area contributed by atoms with Gasteiger partial charge in [-0.1, -0.05) is 25.7 Å². The first-order valence-electron chi connectivity index (χ1n) is 7.43. The average molecular weight is 268 g/mol. The summed E-state index contributed by atoms with van der Waals surface area (Å²) in [6.07, 6.45) is 8.91. The predicted molar refractivity (Wildman–Crippen MR) is 72.0 cm³/mol. The molecule has 0 bridgehead atoms. The van der Waals surface area contributed by atoms with Gasteiger partial charge in [-0.2, -0.15) is 0 Å². The zero-order valence-corrected chi connectivity index (χ0v) is 11.4. The Bertz CT molecular complexity index is 323. The van der Waals surface area contributed by atoms with Crippen molar-refractivity contribution in [3.05, 3.63) is 0 Å². The lowest BCUT2D eigenvalue weighted by atomic mass is 10.2. The van der Waals surface area contributed by atoms with Crippen LogP contribution in [0.1, 0.15) is 51.4 Å². The molecule has 0 atom stereocenters. The molecular weight excluding hydrogens is 244 g/mol. The van der Waals surface area contributed by atoms with E-state index in [4.69, 9.17) is 5.11 Å². The van der Waals surface area contributed by atoms with Gasteiger partial charge >= 0.3 is 12.0 Å². The van der Waals surface area contributed by atoms with Gasteiger partial charge in [0.15, 0.2) is 0 Å². The van der Waals surface area contributed by atoms with Gasteiger partial charge in [-0.3, -0.25) is 4.79 Å². The molecule has 108 valence electrons. The van der Waals surface area contributed by atoms with Gasteiger partial charge in [0.05, 0.1) is 0 Å². The average Bonchev–Trinajstić information content (AvgIpc) is 3.03. The summed E-state index contributed by atoms with van der Waals surface area (Å²) in [6.45, 7) is 0.483. The minimum atomic E-state index is -0.931. The Morgan fingerprint density at radius 2 is 1.84 bits per heavy atom. The molecular formula is C14H24N2O3. The maximum atomic E-state index is 12.1. The van der Waals surface area contributed by atoms with E-state index < -0.39 is 5.97 Å². The minimum Gasteiger partial charge on any atom is -0.480 e. The van der Waals surface area contributed by atoms with E-state index in [1.807, 2.05) is 0 Å². The molecule has 2 fully saturated rings. The van der Waals surface area contributed by atoms with Crippen LogP contribution in [0.2, 0.25) is 0 Å². The predicted octanol–water partition coefficient (Wildman–Crippen LogP) is 2.22. The molecule has 0 aromatic heterocycles. The van der Waals surface area contributed by atoms with Gasteiger partial charge < -0.3 is 15.3 Å². The van der Waals surface area contributed by atoms with Gasteiger partial charge in [-0.05, 0) is 31.6 Å². The van der Waals surface area contributed by atoms with Crippen LogP contribution in [0.5, 0.6) is 0 Å². The summed E-state index contributed by atoms with van der Waals surface area (Å²) in [5.41, 5.74) is 0. The highest BCUT2D eigenvalue weighted by atomic mass is 16.4. The molecule has 0 heterocycles. The third-order valence-electron chi connectivity index (χ3n) is 4.09. The molecule has 0 unspecified atom stereocenters. The fourth-order valence-electron chi connectivity index (χ4n) is 2.82. The first-order chi connectivity index (χ1) is 9.16. The normalized spacial score (nSPS) is 19.4. The van der Waals surface area contributed by atoms with Gasteiger partial charge in [0.1, 0.15) is 6.54 Å². The Morgan fingerprint density at radius 1 is 1.16 bits per heavy atom. The number of hydrogen-bond acceptors (Lipinski definition) is 2. The number of urea groups is 1. The van der Waals surface area contributed by atoms with Crippen LogP contribution in [-0.2, 0) is 4.79 Å². The van der Waals surface area contributed by atoms with Crippen molar-refractivity contribution in [2.24, 2.45) is 5.92 Å². The molecule has 5 heteroatoms. The molecule has 2 rings (SSSR count). The Morgan fingerprint density at radius 3 is 2.42 bits per heavy atom. The Balaban J connectivity index is 1.74. The van der Waals surface area contributed by atoms with Gasteiger partial charge in [0, 0.05) is 12.6 Å². The maximum absolute atomic E-state index is 12.1. The van der Waals surface area contributed by atoms with Crippen LogP contribution in [0, 0.1) is 5.92 Å². The van der Waals surface area contributed by atoms with Crippen LogP contribution >= 0.6 is 0 Å². The van der Waals surface area contributed by atoms with E-state index in [0.29, 0.717) is 6.54 Å². The number of carboxylic acid groups (broad SMARTS) is 1. The standard InChI is InChI=1S/C14H24N2O3/c17-13(18)10-16(12-5-1-2-6-12)14(19)15-9-3-4-11-7-8-11/h11-12H,1-10H2,(H,15,19)(H,17,18). The molecule has 0 radical (unpaired) electrons. The van der Waals surface area contributed by atoms with E-state index in [1.54, 1.807) is 0 Å². The highest BCUT2D eigenvalue weighted by Gasteiger charge is 2.28. The van der Waals surface area contributed by atoms with Crippen molar-refractivity contribution in [1.29, 1.82) is 0 Å². The first-order valence-corrected chi connectivity index (χ1v) is 7.43. The first kappa shape index (κ1) is 14.2. The SMILES string of the molecule is O=C(O)CN(C(=O)NCCCC1CC1)C1CCCC1. The summed E-state index contributed by atoms with van der Waals surface area (Å²) in [4.78, 5) is 24.5. The molecule has 0 aromatic rings. The number of amides is 2. The number of nitrogens with zero attached hydrogens (tertiary/aromatic N) is 1. The van der Waals surface area contributed by atoms with Crippen molar-refractivity contribution in [1.82, 2.24) is 10.2 Å². The summed E-state index contributed by atoms with van der Waals surface area (Å²) in [5, 5.41) is 11.8. The monoisotopic (exact) mass is 268 g/mol. The topological polar surface area (TPSA) is 69.6 Å². The van der Waals surface area contributed by atoms with E-state index in [9.17, 15) is 9.59 Å². The quantitative estimate of drug-likeness (QED) is 0.695. The Kier molecular flexibility index (Phi) is 5.05. The summed E-state index contributed by atoms with van der Waals surface area (Å²) >= 11 is 0. The number of rotatable bonds is 7. The van der Waals surface area contributed by atoms with Crippen LogP contribution in [0.15, 0.2) is 0 Å². The summed E-state index contributed by atoms with van der Waals surface area (Å²) in [5.74, 6) is -0.0538. The number of carboxylic acids is 1. The van der Waals surface area contributed by atoms with Gasteiger partial charge in [0.2, 0.25) is 0 Å². The smallest absolute Gasteiger partial charge is 0.323 e. The molecule has 2 aliphatic rings. The maximum Gasteiger partial charge on any atom is 0.323 e. The summed E-state index contributed by atoms with van der Waals surface area (Å²) < 4.78 is 0. The lowest BCUT2D eigenvalue weighted by Crippen LogP contribution is -2.47. The number of nitrogens with one attached hydrogen (secondary N) is 1. The molecule has 2 aliphatic carbocycles. The molecule has 2 saturated carbocycles. The number of carbonyl (C=O) groups is 2. The minimum absolute atomic E-state index is 0.111. The van der Waals surface area contributed by atoms with Crippen LogP contribution in [0.4, 0.5) is 4.79 Å². The Hall–Kier alpha value is -1.26. The molecule has 0 spiro atoms. The number of aliphatic carboxylic acids is 1. The molecule has 0 aromatic carbocycles. The zero-order chi connectivity index (χ0) is 13.7. The van der Waals surface area contributed by atoms with Crippen molar-refractivity contribution in [3.8, 4) is 0 Å². The molecule has 2 amide bonds. The molecule has 19 heavy (non-hydrogen) atoms. The Labute approximate surface area is 114 Å². The second-order valence-corrected chi connectivity index (χ2v) is 5.78. The lowest BCUT2D eigenvalue weighted by Gasteiger charge is -2.27. The highest BCUT2D eigenvalue weighted by Crippen LogP contribution is 2.33.